The van der Waals surface area contributed by atoms with E-state index in [0.717, 1.165) is 12.0 Å². The highest BCUT2D eigenvalue weighted by Gasteiger charge is 2.21. The largest absolute Gasteiger partial charge is 0.508 e. The molecule has 3 N–H and O–H groups in total. The summed E-state index contributed by atoms with van der Waals surface area (Å²) in [6, 6.07) is 4.84. The third-order valence-corrected chi connectivity index (χ3v) is 2.88. The number of carboxylic acids is 1. The Hall–Kier alpha value is -2.24. The topological polar surface area (TPSA) is 89.9 Å². The number of benzene rings is 1. The summed E-state index contributed by atoms with van der Waals surface area (Å²) < 4.78 is 0. The highest BCUT2D eigenvalue weighted by Crippen LogP contribution is 2.11. The van der Waals surface area contributed by atoms with Crippen LogP contribution in [0, 0.1) is 0 Å². The average molecular weight is 280 g/mol. The Kier molecular flexibility index (Phi) is 5.83. The van der Waals surface area contributed by atoms with Gasteiger partial charge in [-0.05, 0) is 24.1 Å². The molecule has 0 aliphatic heterocycles. The Morgan fingerprint density at radius 1 is 1.30 bits per heavy atom. The van der Waals surface area contributed by atoms with Crippen LogP contribution in [0.1, 0.15) is 18.9 Å². The molecule has 0 fully saturated rings. The van der Waals surface area contributed by atoms with Gasteiger partial charge in [-0.15, -0.1) is 0 Å². The molecular weight excluding hydrogens is 260 g/mol. The van der Waals surface area contributed by atoms with Crippen molar-refractivity contribution in [3.05, 3.63) is 29.8 Å². The van der Waals surface area contributed by atoms with Crippen LogP contribution in [0.4, 0.5) is 4.79 Å². The van der Waals surface area contributed by atoms with Crippen LogP contribution >= 0.6 is 0 Å². The summed E-state index contributed by atoms with van der Waals surface area (Å²) in [7, 11) is 1.62. The number of aromatic hydroxyl groups is 1. The van der Waals surface area contributed by atoms with Crippen LogP contribution in [-0.2, 0) is 11.2 Å². The maximum atomic E-state index is 11.8. The van der Waals surface area contributed by atoms with Crippen molar-refractivity contribution in [3.63, 3.8) is 0 Å². The van der Waals surface area contributed by atoms with Crippen molar-refractivity contribution in [2.75, 3.05) is 13.6 Å². The third kappa shape index (κ3) is 4.79. The van der Waals surface area contributed by atoms with Crippen molar-refractivity contribution in [1.82, 2.24) is 10.2 Å². The molecule has 1 rings (SSSR count). The Morgan fingerprint density at radius 3 is 2.40 bits per heavy atom. The fraction of sp³-hybridized carbons (Fsp3) is 0.429. The Labute approximate surface area is 118 Å². The molecule has 0 saturated heterocycles. The van der Waals surface area contributed by atoms with E-state index in [1.807, 2.05) is 6.92 Å². The summed E-state index contributed by atoms with van der Waals surface area (Å²) in [6.45, 7) is 2.51. The summed E-state index contributed by atoms with van der Waals surface area (Å²) in [5.74, 6) is -0.969. The van der Waals surface area contributed by atoms with Gasteiger partial charge in [-0.3, -0.25) is 0 Å². The number of amides is 2. The number of carboxylic acid groups (broad SMARTS) is 1. The molecule has 0 heterocycles. The van der Waals surface area contributed by atoms with Crippen molar-refractivity contribution in [1.29, 1.82) is 0 Å². The van der Waals surface area contributed by atoms with Crippen LogP contribution in [0.15, 0.2) is 24.3 Å². The predicted octanol–water partition coefficient (Wildman–Crippen LogP) is 1.44. The first kappa shape index (κ1) is 15.8. The number of phenolic OH excluding ortho intramolecular Hbond substituents is 1. The lowest BCUT2D eigenvalue weighted by Gasteiger charge is -2.21. The van der Waals surface area contributed by atoms with Crippen LogP contribution in [0.3, 0.4) is 0 Å². The van der Waals surface area contributed by atoms with E-state index in [4.69, 9.17) is 5.11 Å². The SMILES string of the molecule is CCCN(C)C(=O)N[C@@H](Cc1ccc(O)cc1)C(=O)O. The maximum absolute atomic E-state index is 11.8. The molecule has 0 aliphatic rings. The Balaban J connectivity index is 2.67. The first-order chi connectivity index (χ1) is 9.43. The van der Waals surface area contributed by atoms with Crippen LogP contribution in [0.2, 0.25) is 0 Å². The number of carbonyl (C=O) groups excluding carboxylic acids is 1. The van der Waals surface area contributed by atoms with Crippen molar-refractivity contribution < 1.29 is 19.8 Å². The molecule has 1 atom stereocenters. The highest BCUT2D eigenvalue weighted by molar-refractivity contribution is 5.82. The summed E-state index contributed by atoms with van der Waals surface area (Å²) in [5.41, 5.74) is 0.730. The van der Waals surface area contributed by atoms with E-state index in [9.17, 15) is 14.7 Å². The van der Waals surface area contributed by atoms with E-state index in [-0.39, 0.29) is 12.2 Å². The molecule has 0 spiro atoms. The molecule has 0 aliphatic carbocycles. The zero-order valence-corrected chi connectivity index (χ0v) is 11.7. The van der Waals surface area contributed by atoms with Crippen LogP contribution in [0.5, 0.6) is 5.75 Å². The minimum atomic E-state index is -1.09. The fourth-order valence-corrected chi connectivity index (χ4v) is 1.76. The van der Waals surface area contributed by atoms with Gasteiger partial charge in [-0.25, -0.2) is 9.59 Å². The molecule has 1 aromatic carbocycles. The quantitative estimate of drug-likeness (QED) is 0.735. The van der Waals surface area contributed by atoms with E-state index >= 15 is 0 Å². The predicted molar refractivity (Wildman–Crippen MR) is 74.7 cm³/mol. The number of phenols is 1. The molecule has 2 amide bonds. The molecule has 110 valence electrons. The number of rotatable bonds is 6. The van der Waals surface area contributed by atoms with Gasteiger partial charge in [0.25, 0.3) is 0 Å². The molecule has 6 nitrogen and oxygen atoms in total. The number of carbonyl (C=O) groups is 2. The summed E-state index contributed by atoms with van der Waals surface area (Å²) in [5, 5.41) is 20.8. The number of urea groups is 1. The normalized spacial score (nSPS) is 11.7. The molecule has 6 heteroatoms. The van der Waals surface area contributed by atoms with E-state index in [1.165, 1.54) is 17.0 Å². The van der Waals surface area contributed by atoms with Crippen molar-refractivity contribution in [3.8, 4) is 5.75 Å². The zero-order valence-electron chi connectivity index (χ0n) is 11.7. The highest BCUT2D eigenvalue weighted by atomic mass is 16.4. The molecule has 0 aromatic heterocycles. The minimum absolute atomic E-state index is 0.118. The number of aliphatic carboxylic acids is 1. The lowest BCUT2D eigenvalue weighted by molar-refractivity contribution is -0.139. The molecule has 0 saturated carbocycles. The lowest BCUT2D eigenvalue weighted by atomic mass is 10.1. The molecule has 20 heavy (non-hydrogen) atoms. The number of hydrogen-bond acceptors (Lipinski definition) is 3. The Bertz CT molecular complexity index is 459. The third-order valence-electron chi connectivity index (χ3n) is 2.88. The summed E-state index contributed by atoms with van der Waals surface area (Å²) in [4.78, 5) is 24.5. The van der Waals surface area contributed by atoms with Gasteiger partial charge in [0, 0.05) is 20.0 Å². The van der Waals surface area contributed by atoms with Gasteiger partial charge in [0.05, 0.1) is 0 Å². The second-order valence-corrected chi connectivity index (χ2v) is 4.63. The van der Waals surface area contributed by atoms with Gasteiger partial charge in [0.2, 0.25) is 0 Å². The van der Waals surface area contributed by atoms with E-state index in [1.54, 1.807) is 19.2 Å². The van der Waals surface area contributed by atoms with E-state index in [2.05, 4.69) is 5.32 Å². The minimum Gasteiger partial charge on any atom is -0.508 e. The second-order valence-electron chi connectivity index (χ2n) is 4.63. The number of nitrogens with zero attached hydrogens (tertiary/aromatic N) is 1. The van der Waals surface area contributed by atoms with Gasteiger partial charge in [-0.1, -0.05) is 19.1 Å². The van der Waals surface area contributed by atoms with Gasteiger partial charge in [-0.2, -0.15) is 0 Å². The zero-order chi connectivity index (χ0) is 15.1. The van der Waals surface area contributed by atoms with Crippen molar-refractivity contribution in [2.24, 2.45) is 0 Å². The van der Waals surface area contributed by atoms with Gasteiger partial charge >= 0.3 is 12.0 Å². The number of nitrogens with one attached hydrogen (secondary N) is 1. The van der Waals surface area contributed by atoms with Gasteiger partial charge in [0.15, 0.2) is 0 Å². The molecular formula is C14H20N2O4. The van der Waals surface area contributed by atoms with Crippen LogP contribution < -0.4 is 5.32 Å². The van der Waals surface area contributed by atoms with Crippen LogP contribution in [-0.4, -0.2) is 46.7 Å². The van der Waals surface area contributed by atoms with Crippen LogP contribution in [0.25, 0.3) is 0 Å². The van der Waals surface area contributed by atoms with Gasteiger partial charge in [0.1, 0.15) is 11.8 Å². The molecule has 0 bridgehead atoms. The smallest absolute Gasteiger partial charge is 0.326 e. The second kappa shape index (κ2) is 7.37. The summed E-state index contributed by atoms with van der Waals surface area (Å²) in [6.07, 6.45) is 0.973. The monoisotopic (exact) mass is 280 g/mol. The lowest BCUT2D eigenvalue weighted by Crippen LogP contribution is -2.47. The van der Waals surface area contributed by atoms with E-state index < -0.39 is 18.0 Å². The first-order valence-electron chi connectivity index (χ1n) is 6.46. The number of hydrogen-bond donors (Lipinski definition) is 3. The first-order valence-corrected chi connectivity index (χ1v) is 6.46. The van der Waals surface area contributed by atoms with Gasteiger partial charge < -0.3 is 20.4 Å². The van der Waals surface area contributed by atoms with E-state index in [0.29, 0.717) is 6.54 Å². The van der Waals surface area contributed by atoms with Crippen molar-refractivity contribution >= 4 is 12.0 Å². The molecule has 0 radical (unpaired) electrons. The standard InChI is InChI=1S/C14H20N2O4/c1-3-8-16(2)14(20)15-12(13(18)19)9-10-4-6-11(17)7-5-10/h4-7,12,17H,3,8-9H2,1-2H3,(H,15,20)(H,18,19)/t12-/m0/s1. The molecule has 0 unspecified atom stereocenters. The Morgan fingerprint density at radius 2 is 1.90 bits per heavy atom. The summed E-state index contributed by atoms with van der Waals surface area (Å²) >= 11 is 0. The average Bonchev–Trinajstić information content (AvgIpc) is 2.40. The van der Waals surface area contributed by atoms with Crippen molar-refractivity contribution in [2.45, 2.75) is 25.8 Å². The fourth-order valence-electron chi connectivity index (χ4n) is 1.76. The maximum Gasteiger partial charge on any atom is 0.326 e. The molecule has 1 aromatic rings.